The number of likely N-dealkylation sites (N-methyl/N-ethyl adjacent to an activating group) is 1. The second kappa shape index (κ2) is 5.94. The summed E-state index contributed by atoms with van der Waals surface area (Å²) in [6.45, 7) is 2.19. The third kappa shape index (κ3) is 3.38. The van der Waals surface area contributed by atoms with E-state index in [-0.39, 0.29) is 6.54 Å². The molecule has 0 aromatic rings. The number of carbonyl (C=O) groups excluding carboxylic acids is 2. The number of carbonyl (C=O) groups is 2. The molecule has 8 nitrogen and oxygen atoms in total. The third-order valence-corrected chi connectivity index (χ3v) is 2.73. The molecule has 98 valence electrons. The Labute approximate surface area is 101 Å². The number of hydrogen-bond donors (Lipinski definition) is 2. The predicted octanol–water partition coefficient (Wildman–Crippen LogP) is -0.901. The molecule has 0 saturated carbocycles. The van der Waals surface area contributed by atoms with Crippen LogP contribution in [-0.2, 0) is 20.7 Å². The van der Waals surface area contributed by atoms with Gasteiger partial charge in [-0.25, -0.2) is 14.1 Å². The maximum absolute atomic E-state index is 11.8. The number of urea groups is 1. The van der Waals surface area contributed by atoms with Gasteiger partial charge in [-0.1, -0.05) is 0 Å². The number of amides is 3. The summed E-state index contributed by atoms with van der Waals surface area (Å²) in [5, 5.41) is 0.969. The highest BCUT2D eigenvalue weighted by Gasteiger charge is 2.36. The number of primary amides is 1. The average molecular weight is 265 g/mol. The van der Waals surface area contributed by atoms with Crippen LogP contribution in [0.2, 0.25) is 0 Å². The molecule has 1 rings (SSSR count). The van der Waals surface area contributed by atoms with E-state index in [1.54, 1.807) is 6.92 Å². The van der Waals surface area contributed by atoms with E-state index < -0.39 is 35.0 Å². The Bertz CT molecular complexity index is 337. The molecule has 17 heavy (non-hydrogen) atoms. The van der Waals surface area contributed by atoms with Gasteiger partial charge in [-0.15, -0.1) is 0 Å². The van der Waals surface area contributed by atoms with Crippen LogP contribution in [0.1, 0.15) is 13.3 Å². The van der Waals surface area contributed by atoms with E-state index >= 15 is 0 Å². The predicted molar refractivity (Wildman–Crippen MR) is 58.8 cm³/mol. The minimum absolute atomic E-state index is 0.167. The van der Waals surface area contributed by atoms with Crippen LogP contribution in [0.3, 0.4) is 0 Å². The third-order valence-electron chi connectivity index (χ3n) is 2.42. The van der Waals surface area contributed by atoms with Crippen LogP contribution < -0.4 is 5.73 Å². The maximum atomic E-state index is 11.8. The van der Waals surface area contributed by atoms with Crippen LogP contribution in [-0.4, -0.2) is 55.7 Å². The molecular weight excluding hydrogens is 250 g/mol. The highest BCUT2D eigenvalue weighted by molar-refractivity contribution is 7.79. The Morgan fingerprint density at radius 3 is 2.82 bits per heavy atom. The van der Waals surface area contributed by atoms with Crippen LogP contribution in [0.25, 0.3) is 0 Å². The fraction of sp³-hybridized carbons (Fsp3) is 0.750. The molecule has 1 aliphatic heterocycles. The second-order valence-electron chi connectivity index (χ2n) is 3.45. The van der Waals surface area contributed by atoms with Gasteiger partial charge in [-0.05, 0) is 13.3 Å². The van der Waals surface area contributed by atoms with E-state index in [1.807, 2.05) is 0 Å². The van der Waals surface area contributed by atoms with E-state index in [2.05, 4.69) is 0 Å². The van der Waals surface area contributed by atoms with Crippen molar-refractivity contribution in [3.8, 4) is 0 Å². The first kappa shape index (κ1) is 13.9. The molecule has 3 amide bonds. The lowest BCUT2D eigenvalue weighted by molar-refractivity contribution is -0.139. The topological polar surface area (TPSA) is 113 Å². The summed E-state index contributed by atoms with van der Waals surface area (Å²) in [4.78, 5) is 29.1. The Morgan fingerprint density at radius 2 is 2.35 bits per heavy atom. The Hall–Kier alpha value is -1.19. The van der Waals surface area contributed by atoms with Crippen molar-refractivity contribution in [2.75, 3.05) is 19.0 Å². The molecular formula is C8H15N3O5S. The summed E-state index contributed by atoms with van der Waals surface area (Å²) in [5.41, 5.74) is 5.18. The first-order chi connectivity index (χ1) is 7.97. The number of hydroxylamine groups is 2. The van der Waals surface area contributed by atoms with Gasteiger partial charge in [0.15, 0.2) is 17.0 Å². The zero-order chi connectivity index (χ0) is 13.0. The molecule has 1 unspecified atom stereocenters. The molecule has 0 radical (unpaired) electrons. The van der Waals surface area contributed by atoms with Gasteiger partial charge >= 0.3 is 6.03 Å². The van der Waals surface area contributed by atoms with Crippen molar-refractivity contribution < 1.29 is 23.2 Å². The van der Waals surface area contributed by atoms with E-state index in [4.69, 9.17) is 15.1 Å². The lowest BCUT2D eigenvalue weighted by Crippen LogP contribution is -2.58. The van der Waals surface area contributed by atoms with Crippen molar-refractivity contribution in [1.29, 1.82) is 0 Å². The molecule has 0 spiro atoms. The Balaban J connectivity index is 2.66. The molecule has 0 aliphatic carbocycles. The maximum Gasteiger partial charge on any atom is 0.344 e. The minimum Gasteiger partial charge on any atom is -0.368 e. The molecule has 3 N–H and O–H groups in total. The van der Waals surface area contributed by atoms with Gasteiger partial charge < -0.3 is 15.2 Å². The minimum atomic E-state index is -2.14. The largest absolute Gasteiger partial charge is 0.368 e. The van der Waals surface area contributed by atoms with Crippen molar-refractivity contribution in [3.05, 3.63) is 0 Å². The van der Waals surface area contributed by atoms with Crippen LogP contribution in [0.5, 0.6) is 0 Å². The first-order valence-electron chi connectivity index (χ1n) is 5.05. The molecule has 0 aromatic carbocycles. The van der Waals surface area contributed by atoms with Crippen molar-refractivity contribution >= 4 is 23.0 Å². The molecule has 1 heterocycles. The molecule has 1 saturated heterocycles. The van der Waals surface area contributed by atoms with Crippen molar-refractivity contribution in [2.45, 2.75) is 19.4 Å². The number of nitrogens with zero attached hydrogens (tertiary/aromatic N) is 2. The monoisotopic (exact) mass is 265 g/mol. The van der Waals surface area contributed by atoms with Crippen molar-refractivity contribution in [1.82, 2.24) is 9.96 Å². The van der Waals surface area contributed by atoms with E-state index in [9.17, 15) is 13.8 Å². The Kier molecular flexibility index (Phi) is 4.85. The van der Waals surface area contributed by atoms with E-state index in [1.165, 1.54) is 4.90 Å². The molecule has 0 bridgehead atoms. The lowest BCUT2D eigenvalue weighted by Gasteiger charge is -2.38. The summed E-state index contributed by atoms with van der Waals surface area (Å²) >= 11 is -2.14. The second-order valence-corrected chi connectivity index (χ2v) is 4.32. The SMILES string of the molecule is CCN1C(=O)N(OCS(=O)O)CC[C@H]1C(N)=O. The zero-order valence-electron chi connectivity index (χ0n) is 9.37. The van der Waals surface area contributed by atoms with Crippen LogP contribution in [0, 0.1) is 0 Å². The molecule has 9 heteroatoms. The summed E-state index contributed by atoms with van der Waals surface area (Å²) in [5.74, 6) is -1.05. The van der Waals surface area contributed by atoms with Gasteiger partial charge in [-0.3, -0.25) is 9.63 Å². The first-order valence-corrected chi connectivity index (χ1v) is 6.32. The fourth-order valence-electron chi connectivity index (χ4n) is 1.65. The van der Waals surface area contributed by atoms with Crippen molar-refractivity contribution in [3.63, 3.8) is 0 Å². The Morgan fingerprint density at radius 1 is 1.71 bits per heavy atom. The van der Waals surface area contributed by atoms with E-state index in [0.29, 0.717) is 13.0 Å². The van der Waals surface area contributed by atoms with Gasteiger partial charge in [0, 0.05) is 6.54 Å². The summed E-state index contributed by atoms with van der Waals surface area (Å²) in [6, 6.07) is -1.17. The molecule has 0 aromatic heterocycles. The van der Waals surface area contributed by atoms with Gasteiger partial charge in [0.05, 0.1) is 6.54 Å². The number of rotatable bonds is 5. The number of hydrogen-bond acceptors (Lipinski definition) is 4. The van der Waals surface area contributed by atoms with Crippen LogP contribution in [0.15, 0.2) is 0 Å². The van der Waals surface area contributed by atoms with Gasteiger partial charge in [0.1, 0.15) is 6.04 Å². The van der Waals surface area contributed by atoms with Gasteiger partial charge in [0.2, 0.25) is 5.91 Å². The smallest absolute Gasteiger partial charge is 0.344 e. The molecule has 1 fully saturated rings. The summed E-state index contributed by atoms with van der Waals surface area (Å²) in [7, 11) is 0. The van der Waals surface area contributed by atoms with Gasteiger partial charge in [0.25, 0.3) is 0 Å². The van der Waals surface area contributed by atoms with Crippen LogP contribution in [0.4, 0.5) is 4.79 Å². The fourth-order valence-corrected chi connectivity index (χ4v) is 1.86. The molecule has 1 aliphatic rings. The highest BCUT2D eigenvalue weighted by Crippen LogP contribution is 2.16. The summed E-state index contributed by atoms with van der Waals surface area (Å²) in [6.07, 6.45) is 0.340. The number of nitrogens with two attached hydrogens (primary N) is 1. The zero-order valence-corrected chi connectivity index (χ0v) is 10.2. The quantitative estimate of drug-likeness (QED) is 0.625. The van der Waals surface area contributed by atoms with Crippen LogP contribution >= 0.6 is 0 Å². The standard InChI is InChI=1S/C8H15N3O5S/c1-2-10-6(7(9)12)3-4-11(8(10)13)16-5-17(14)15/h6H,2-5H2,1H3,(H2,9,12)(H,14,15)/t6-/m0/s1. The van der Waals surface area contributed by atoms with E-state index in [0.717, 1.165) is 5.06 Å². The normalized spacial score (nSPS) is 22.7. The molecule has 2 atom stereocenters. The summed E-state index contributed by atoms with van der Waals surface area (Å²) < 4.78 is 19.0. The van der Waals surface area contributed by atoms with Gasteiger partial charge in [-0.2, -0.15) is 0 Å². The average Bonchev–Trinajstić information content (AvgIpc) is 2.26. The van der Waals surface area contributed by atoms with Crippen molar-refractivity contribution in [2.24, 2.45) is 5.73 Å². The highest BCUT2D eigenvalue weighted by atomic mass is 32.2. The lowest BCUT2D eigenvalue weighted by atomic mass is 10.1.